The molecule has 0 aliphatic carbocycles. The molecule has 8 heteroatoms. The van der Waals surface area contributed by atoms with Gasteiger partial charge in [-0.1, -0.05) is 23.2 Å². The number of hydrogen-bond acceptors (Lipinski definition) is 2. The Kier molecular flexibility index (Phi) is 4.45. The number of aryl methyl sites for hydroxylation is 1. The molecule has 0 aromatic carbocycles. The van der Waals surface area contributed by atoms with Crippen molar-refractivity contribution in [3.8, 4) is 0 Å². The number of likely N-dealkylation sites (tertiary alicyclic amines) is 1. The Morgan fingerprint density at radius 2 is 1.90 bits per heavy atom. The molecule has 0 spiro atoms. The van der Waals surface area contributed by atoms with Crippen LogP contribution in [0.2, 0.25) is 10.0 Å². The molecule has 1 fully saturated rings. The van der Waals surface area contributed by atoms with Gasteiger partial charge in [0.15, 0.2) is 0 Å². The standard InChI is InChI=1S/C12H15Cl2N3O3/c1-6-8(13)9(14)10(15-6)11(18)16-7-2-4-17(5-3-7)12(19)20/h7,15H,2-5H2,1H3,(H,16,18)(H,19,20). The van der Waals surface area contributed by atoms with Gasteiger partial charge in [0.25, 0.3) is 5.91 Å². The van der Waals surface area contributed by atoms with E-state index in [0.717, 1.165) is 0 Å². The molecular formula is C12H15Cl2N3O3. The van der Waals surface area contributed by atoms with Gasteiger partial charge in [0.2, 0.25) is 0 Å². The molecule has 110 valence electrons. The third kappa shape index (κ3) is 3.02. The van der Waals surface area contributed by atoms with Crippen LogP contribution in [0.15, 0.2) is 0 Å². The van der Waals surface area contributed by atoms with Crippen molar-refractivity contribution < 1.29 is 14.7 Å². The van der Waals surface area contributed by atoms with Crippen LogP contribution in [-0.4, -0.2) is 46.1 Å². The van der Waals surface area contributed by atoms with Crippen LogP contribution in [-0.2, 0) is 0 Å². The summed E-state index contributed by atoms with van der Waals surface area (Å²) < 4.78 is 0. The molecule has 2 amide bonds. The predicted octanol–water partition coefficient (Wildman–Crippen LogP) is 2.50. The molecule has 0 bridgehead atoms. The van der Waals surface area contributed by atoms with Crippen LogP contribution < -0.4 is 5.32 Å². The second-order valence-electron chi connectivity index (χ2n) is 4.77. The first-order valence-corrected chi connectivity index (χ1v) is 6.98. The zero-order valence-corrected chi connectivity index (χ0v) is 12.4. The van der Waals surface area contributed by atoms with Gasteiger partial charge < -0.3 is 20.3 Å². The topological polar surface area (TPSA) is 85.4 Å². The first kappa shape index (κ1) is 15.0. The Morgan fingerprint density at radius 1 is 1.30 bits per heavy atom. The Morgan fingerprint density at radius 3 is 2.35 bits per heavy atom. The Balaban J connectivity index is 1.96. The largest absolute Gasteiger partial charge is 0.465 e. The first-order valence-electron chi connectivity index (χ1n) is 6.22. The van der Waals surface area contributed by atoms with Crippen LogP contribution in [0.25, 0.3) is 0 Å². The Hall–Kier alpha value is -1.40. The summed E-state index contributed by atoms with van der Waals surface area (Å²) in [5.41, 5.74) is 0.886. The van der Waals surface area contributed by atoms with Crippen molar-refractivity contribution in [3.63, 3.8) is 0 Å². The second-order valence-corrected chi connectivity index (χ2v) is 5.53. The number of aromatic amines is 1. The van der Waals surface area contributed by atoms with Crippen LogP contribution in [0.1, 0.15) is 29.0 Å². The maximum Gasteiger partial charge on any atom is 0.407 e. The van der Waals surface area contributed by atoms with Crippen LogP contribution in [0.3, 0.4) is 0 Å². The normalized spacial score (nSPS) is 16.2. The molecule has 1 aromatic rings. The van der Waals surface area contributed by atoms with Crippen LogP contribution >= 0.6 is 23.2 Å². The van der Waals surface area contributed by atoms with E-state index in [-0.39, 0.29) is 22.7 Å². The van der Waals surface area contributed by atoms with Gasteiger partial charge in [-0.3, -0.25) is 4.79 Å². The number of H-pyrrole nitrogens is 1. The molecule has 0 radical (unpaired) electrons. The van der Waals surface area contributed by atoms with E-state index in [1.807, 2.05) is 0 Å². The molecule has 1 saturated heterocycles. The van der Waals surface area contributed by atoms with Gasteiger partial charge in [-0.2, -0.15) is 0 Å². The average Bonchev–Trinajstić information content (AvgIpc) is 2.67. The minimum atomic E-state index is -0.926. The lowest BCUT2D eigenvalue weighted by atomic mass is 10.1. The number of nitrogens with one attached hydrogen (secondary N) is 2. The van der Waals surface area contributed by atoms with Crippen molar-refractivity contribution in [2.75, 3.05) is 13.1 Å². The highest BCUT2D eigenvalue weighted by atomic mass is 35.5. The molecule has 0 atom stereocenters. The number of aromatic nitrogens is 1. The monoisotopic (exact) mass is 319 g/mol. The summed E-state index contributed by atoms with van der Waals surface area (Å²) in [6.07, 6.45) is 0.246. The van der Waals surface area contributed by atoms with E-state index < -0.39 is 6.09 Å². The fraction of sp³-hybridized carbons (Fsp3) is 0.500. The molecular weight excluding hydrogens is 305 g/mol. The zero-order chi connectivity index (χ0) is 14.9. The number of hydrogen-bond donors (Lipinski definition) is 3. The van der Waals surface area contributed by atoms with Gasteiger partial charge in [0, 0.05) is 24.8 Å². The summed E-state index contributed by atoms with van der Waals surface area (Å²) in [4.78, 5) is 27.1. The lowest BCUT2D eigenvalue weighted by Crippen LogP contribution is -2.46. The number of piperidine rings is 1. The zero-order valence-electron chi connectivity index (χ0n) is 10.9. The van der Waals surface area contributed by atoms with E-state index in [1.165, 1.54) is 4.90 Å². The number of carbonyl (C=O) groups excluding carboxylic acids is 1. The summed E-state index contributed by atoms with van der Waals surface area (Å²) in [6.45, 7) is 2.56. The molecule has 0 saturated carbocycles. The predicted molar refractivity (Wildman–Crippen MR) is 75.6 cm³/mol. The molecule has 0 unspecified atom stereocenters. The molecule has 3 N–H and O–H groups in total. The van der Waals surface area contributed by atoms with Gasteiger partial charge in [0.1, 0.15) is 5.69 Å². The van der Waals surface area contributed by atoms with E-state index in [0.29, 0.717) is 36.6 Å². The number of carbonyl (C=O) groups is 2. The van der Waals surface area contributed by atoms with Crippen molar-refractivity contribution in [2.24, 2.45) is 0 Å². The summed E-state index contributed by atoms with van der Waals surface area (Å²) >= 11 is 11.9. The SMILES string of the molecule is Cc1[nH]c(C(=O)NC2CCN(C(=O)O)CC2)c(Cl)c1Cl. The fourth-order valence-corrected chi connectivity index (χ4v) is 2.62. The lowest BCUT2D eigenvalue weighted by Gasteiger charge is -2.30. The minimum Gasteiger partial charge on any atom is -0.465 e. The third-order valence-corrected chi connectivity index (χ3v) is 4.33. The van der Waals surface area contributed by atoms with Crippen LogP contribution in [0.5, 0.6) is 0 Å². The third-order valence-electron chi connectivity index (χ3n) is 3.38. The van der Waals surface area contributed by atoms with Crippen molar-refractivity contribution in [2.45, 2.75) is 25.8 Å². The number of carboxylic acid groups (broad SMARTS) is 1. The highest BCUT2D eigenvalue weighted by Gasteiger charge is 2.25. The Labute approximate surface area is 126 Å². The van der Waals surface area contributed by atoms with Gasteiger partial charge in [-0.05, 0) is 19.8 Å². The maximum absolute atomic E-state index is 12.1. The van der Waals surface area contributed by atoms with Crippen molar-refractivity contribution in [1.29, 1.82) is 0 Å². The van der Waals surface area contributed by atoms with E-state index in [2.05, 4.69) is 10.3 Å². The van der Waals surface area contributed by atoms with Crippen LogP contribution in [0.4, 0.5) is 4.79 Å². The molecule has 1 aliphatic heterocycles. The highest BCUT2D eigenvalue weighted by molar-refractivity contribution is 6.44. The van der Waals surface area contributed by atoms with Gasteiger partial charge in [0.05, 0.1) is 10.0 Å². The second kappa shape index (κ2) is 5.93. The quantitative estimate of drug-likeness (QED) is 0.782. The molecule has 6 nitrogen and oxygen atoms in total. The molecule has 1 aromatic heterocycles. The van der Waals surface area contributed by atoms with Crippen LogP contribution in [0, 0.1) is 6.92 Å². The smallest absolute Gasteiger partial charge is 0.407 e. The molecule has 1 aliphatic rings. The average molecular weight is 320 g/mol. The number of amides is 2. The number of nitrogens with zero attached hydrogens (tertiary/aromatic N) is 1. The van der Waals surface area contributed by atoms with E-state index in [1.54, 1.807) is 6.92 Å². The summed E-state index contributed by atoms with van der Waals surface area (Å²) in [7, 11) is 0. The minimum absolute atomic E-state index is 0.0588. The maximum atomic E-state index is 12.1. The highest BCUT2D eigenvalue weighted by Crippen LogP contribution is 2.29. The summed E-state index contributed by atoms with van der Waals surface area (Å²) in [5, 5.41) is 12.3. The molecule has 20 heavy (non-hydrogen) atoms. The van der Waals surface area contributed by atoms with Crippen molar-refractivity contribution in [1.82, 2.24) is 15.2 Å². The first-order chi connectivity index (χ1) is 9.40. The number of rotatable bonds is 2. The van der Waals surface area contributed by atoms with E-state index >= 15 is 0 Å². The van der Waals surface area contributed by atoms with Crippen molar-refractivity contribution >= 4 is 35.2 Å². The van der Waals surface area contributed by atoms with E-state index in [4.69, 9.17) is 28.3 Å². The lowest BCUT2D eigenvalue weighted by molar-refractivity contribution is 0.0903. The van der Waals surface area contributed by atoms with E-state index in [9.17, 15) is 9.59 Å². The molecule has 2 rings (SSSR count). The van der Waals surface area contributed by atoms with Crippen molar-refractivity contribution in [3.05, 3.63) is 21.4 Å². The number of halogens is 2. The molecule has 2 heterocycles. The van der Waals surface area contributed by atoms with Gasteiger partial charge in [-0.25, -0.2) is 4.79 Å². The van der Waals surface area contributed by atoms with Gasteiger partial charge >= 0.3 is 6.09 Å². The van der Waals surface area contributed by atoms with Gasteiger partial charge in [-0.15, -0.1) is 0 Å². The Bertz CT molecular complexity index is 536. The summed E-state index contributed by atoms with van der Waals surface area (Å²) in [6, 6.07) is -0.0588. The summed E-state index contributed by atoms with van der Waals surface area (Å²) in [5.74, 6) is -0.321. The fourth-order valence-electron chi connectivity index (χ4n) is 2.20.